The minimum Gasteiger partial charge on any atom is -0.349 e. The standard InChI is InChI=1S/C11H13BrN6O2S/c1-6-9(18(19)20)10(15-11(14-6)16-13)17(2)4-7-3-8(12)21-5-7/h3,5H,4,13H2,1-2H3,(H,14,15,16). The molecular formula is C11H13BrN6O2S. The molecule has 21 heavy (non-hydrogen) atoms. The monoisotopic (exact) mass is 372 g/mol. The quantitative estimate of drug-likeness (QED) is 0.471. The first-order valence-corrected chi connectivity index (χ1v) is 7.53. The summed E-state index contributed by atoms with van der Waals surface area (Å²) in [5, 5.41) is 13.2. The van der Waals surface area contributed by atoms with Crippen molar-refractivity contribution in [1.29, 1.82) is 0 Å². The average molecular weight is 373 g/mol. The molecule has 8 nitrogen and oxygen atoms in total. The van der Waals surface area contributed by atoms with Crippen LogP contribution >= 0.6 is 27.3 Å². The Labute approximate surface area is 133 Å². The van der Waals surface area contributed by atoms with E-state index in [9.17, 15) is 10.1 Å². The minimum atomic E-state index is -0.481. The predicted octanol–water partition coefficient (Wildman–Crippen LogP) is 2.44. The lowest BCUT2D eigenvalue weighted by atomic mass is 10.3. The van der Waals surface area contributed by atoms with Crippen LogP contribution in [0, 0.1) is 17.0 Å². The van der Waals surface area contributed by atoms with Crippen molar-refractivity contribution in [2.24, 2.45) is 5.84 Å². The van der Waals surface area contributed by atoms with Crippen LogP contribution in [-0.4, -0.2) is 21.9 Å². The van der Waals surface area contributed by atoms with Gasteiger partial charge in [0.25, 0.3) is 0 Å². The van der Waals surface area contributed by atoms with E-state index in [4.69, 9.17) is 5.84 Å². The molecule has 112 valence electrons. The number of thiophene rings is 1. The second-order valence-corrected chi connectivity index (χ2v) is 6.61. The lowest BCUT2D eigenvalue weighted by molar-refractivity contribution is -0.385. The van der Waals surface area contributed by atoms with Crippen LogP contribution in [0.15, 0.2) is 15.2 Å². The van der Waals surface area contributed by atoms with E-state index in [0.717, 1.165) is 9.35 Å². The van der Waals surface area contributed by atoms with Crippen LogP contribution in [0.2, 0.25) is 0 Å². The minimum absolute atomic E-state index is 0.120. The van der Waals surface area contributed by atoms with Crippen molar-refractivity contribution in [2.75, 3.05) is 17.4 Å². The molecule has 0 amide bonds. The van der Waals surface area contributed by atoms with E-state index in [1.807, 2.05) is 11.4 Å². The fourth-order valence-corrected chi connectivity index (χ4v) is 3.07. The number of nitrogens with zero attached hydrogens (tertiary/aromatic N) is 4. The first kappa shape index (κ1) is 15.6. The maximum absolute atomic E-state index is 11.2. The number of nitro groups is 1. The maximum atomic E-state index is 11.2. The summed E-state index contributed by atoms with van der Waals surface area (Å²) in [5.41, 5.74) is 3.49. The molecule has 2 heterocycles. The first-order valence-electron chi connectivity index (χ1n) is 5.86. The van der Waals surface area contributed by atoms with E-state index in [0.29, 0.717) is 6.54 Å². The topological polar surface area (TPSA) is 110 Å². The average Bonchev–Trinajstić information content (AvgIpc) is 2.82. The summed E-state index contributed by atoms with van der Waals surface area (Å²) in [5.74, 6) is 5.67. The Morgan fingerprint density at radius 2 is 2.29 bits per heavy atom. The number of rotatable bonds is 5. The second-order valence-electron chi connectivity index (χ2n) is 4.32. The first-order chi connectivity index (χ1) is 9.92. The fourth-order valence-electron chi connectivity index (χ4n) is 1.87. The zero-order valence-corrected chi connectivity index (χ0v) is 13.7. The van der Waals surface area contributed by atoms with Gasteiger partial charge in [0.15, 0.2) is 0 Å². The van der Waals surface area contributed by atoms with E-state index in [1.165, 1.54) is 0 Å². The highest BCUT2D eigenvalue weighted by atomic mass is 79.9. The third-order valence-corrected chi connectivity index (χ3v) is 4.31. The van der Waals surface area contributed by atoms with Gasteiger partial charge in [0.1, 0.15) is 5.69 Å². The summed E-state index contributed by atoms with van der Waals surface area (Å²) in [4.78, 5) is 20.5. The lowest BCUT2D eigenvalue weighted by Crippen LogP contribution is -2.21. The number of anilines is 2. The molecule has 2 aromatic rings. The van der Waals surface area contributed by atoms with Gasteiger partial charge in [0.05, 0.1) is 8.71 Å². The molecule has 0 aliphatic carbocycles. The predicted molar refractivity (Wildman–Crippen MR) is 85.4 cm³/mol. The van der Waals surface area contributed by atoms with Gasteiger partial charge in [-0.05, 0) is 39.9 Å². The van der Waals surface area contributed by atoms with Gasteiger partial charge in [0.2, 0.25) is 11.8 Å². The van der Waals surface area contributed by atoms with Gasteiger partial charge in [-0.3, -0.25) is 15.5 Å². The van der Waals surface area contributed by atoms with Crippen molar-refractivity contribution in [3.8, 4) is 0 Å². The van der Waals surface area contributed by atoms with Gasteiger partial charge in [-0.25, -0.2) is 10.8 Å². The van der Waals surface area contributed by atoms with Crippen LogP contribution in [0.25, 0.3) is 0 Å². The number of halogens is 1. The molecule has 2 rings (SSSR count). The van der Waals surface area contributed by atoms with Crippen LogP contribution in [0.4, 0.5) is 17.5 Å². The largest absolute Gasteiger partial charge is 0.349 e. The molecule has 0 saturated heterocycles. The molecule has 0 spiro atoms. The molecule has 0 aromatic carbocycles. The molecule has 0 aliphatic heterocycles. The van der Waals surface area contributed by atoms with Crippen LogP contribution in [-0.2, 0) is 6.54 Å². The van der Waals surface area contributed by atoms with Gasteiger partial charge in [-0.2, -0.15) is 4.98 Å². The summed E-state index contributed by atoms with van der Waals surface area (Å²) in [6, 6.07) is 1.96. The molecule has 3 N–H and O–H groups in total. The number of hydrogen-bond donors (Lipinski definition) is 2. The van der Waals surface area contributed by atoms with Crippen molar-refractivity contribution in [1.82, 2.24) is 9.97 Å². The van der Waals surface area contributed by atoms with Crippen molar-refractivity contribution >= 4 is 44.7 Å². The molecule has 0 atom stereocenters. The van der Waals surface area contributed by atoms with Crippen molar-refractivity contribution in [2.45, 2.75) is 13.5 Å². The number of aromatic nitrogens is 2. The number of nitrogens with one attached hydrogen (secondary N) is 1. The summed E-state index contributed by atoms with van der Waals surface area (Å²) >= 11 is 4.94. The van der Waals surface area contributed by atoms with Crippen molar-refractivity contribution in [3.05, 3.63) is 36.6 Å². The zero-order chi connectivity index (χ0) is 15.6. The molecule has 0 aliphatic rings. The maximum Gasteiger partial charge on any atom is 0.332 e. The van der Waals surface area contributed by atoms with Gasteiger partial charge in [0, 0.05) is 13.6 Å². The smallest absolute Gasteiger partial charge is 0.332 e. The third-order valence-electron chi connectivity index (χ3n) is 2.75. The van der Waals surface area contributed by atoms with Crippen LogP contribution in [0.5, 0.6) is 0 Å². The highest BCUT2D eigenvalue weighted by Crippen LogP contribution is 2.30. The van der Waals surface area contributed by atoms with Crippen molar-refractivity contribution < 1.29 is 4.92 Å². The zero-order valence-electron chi connectivity index (χ0n) is 11.3. The number of hydrazine groups is 1. The number of nitrogens with two attached hydrogens (primary N) is 1. The van der Waals surface area contributed by atoms with Gasteiger partial charge >= 0.3 is 5.69 Å². The number of hydrogen-bond acceptors (Lipinski definition) is 8. The Balaban J connectivity index is 2.40. The highest BCUT2D eigenvalue weighted by molar-refractivity contribution is 9.11. The van der Waals surface area contributed by atoms with E-state index < -0.39 is 4.92 Å². The summed E-state index contributed by atoms with van der Waals surface area (Å²) in [6.07, 6.45) is 0. The number of nitrogen functional groups attached to an aromatic ring is 1. The second kappa shape index (κ2) is 6.33. The summed E-state index contributed by atoms with van der Waals surface area (Å²) in [7, 11) is 1.74. The SMILES string of the molecule is Cc1nc(NN)nc(N(C)Cc2csc(Br)c2)c1[N+](=O)[O-]. The van der Waals surface area contributed by atoms with Gasteiger partial charge in [-0.15, -0.1) is 11.3 Å². The van der Waals surface area contributed by atoms with Crippen LogP contribution in [0.1, 0.15) is 11.3 Å². The Morgan fingerprint density at radius 3 is 2.81 bits per heavy atom. The Kier molecular flexibility index (Phi) is 4.70. The van der Waals surface area contributed by atoms with Crippen LogP contribution < -0.4 is 16.2 Å². The normalized spacial score (nSPS) is 10.5. The van der Waals surface area contributed by atoms with Crippen LogP contribution in [0.3, 0.4) is 0 Å². The van der Waals surface area contributed by atoms with Crippen molar-refractivity contribution in [3.63, 3.8) is 0 Å². The van der Waals surface area contributed by atoms with E-state index in [1.54, 1.807) is 30.2 Å². The number of aryl methyl sites for hydroxylation is 1. The van der Waals surface area contributed by atoms with Gasteiger partial charge < -0.3 is 4.90 Å². The van der Waals surface area contributed by atoms with E-state index in [-0.39, 0.29) is 23.1 Å². The summed E-state index contributed by atoms with van der Waals surface area (Å²) in [6.45, 7) is 2.04. The third kappa shape index (κ3) is 3.46. The lowest BCUT2D eigenvalue weighted by Gasteiger charge is -2.18. The molecule has 0 saturated carbocycles. The Bertz CT molecular complexity index is 677. The highest BCUT2D eigenvalue weighted by Gasteiger charge is 2.25. The van der Waals surface area contributed by atoms with Gasteiger partial charge in [-0.1, -0.05) is 0 Å². The molecule has 0 bridgehead atoms. The molecule has 0 unspecified atom stereocenters. The van der Waals surface area contributed by atoms with E-state index in [2.05, 4.69) is 31.3 Å². The molecule has 10 heteroatoms. The summed E-state index contributed by atoms with van der Waals surface area (Å²) < 4.78 is 1.00. The Hall–Kier alpha value is -1.78. The molecule has 2 aromatic heterocycles. The molecule has 0 fully saturated rings. The molecular weight excluding hydrogens is 360 g/mol. The Morgan fingerprint density at radius 1 is 1.57 bits per heavy atom. The van der Waals surface area contributed by atoms with E-state index >= 15 is 0 Å². The fraction of sp³-hybridized carbons (Fsp3) is 0.273. The molecule has 0 radical (unpaired) electrons.